The Morgan fingerprint density at radius 1 is 1.26 bits per heavy atom. The van der Waals surface area contributed by atoms with Gasteiger partial charge >= 0.3 is 0 Å². The summed E-state index contributed by atoms with van der Waals surface area (Å²) in [4.78, 5) is 6.91. The lowest BCUT2D eigenvalue weighted by molar-refractivity contribution is 0.402. The summed E-state index contributed by atoms with van der Waals surface area (Å²) in [5.74, 6) is 0.781. The van der Waals surface area contributed by atoms with Crippen LogP contribution in [0.5, 0.6) is 0 Å². The van der Waals surface area contributed by atoms with E-state index in [0.29, 0.717) is 0 Å². The Morgan fingerprint density at radius 3 is 2.61 bits per heavy atom. The van der Waals surface area contributed by atoms with Crippen LogP contribution in [0.4, 0.5) is 5.82 Å². The number of pyridine rings is 1. The molecule has 1 heterocycles. The van der Waals surface area contributed by atoms with Gasteiger partial charge in [-0.05, 0) is 58.1 Å². The zero-order valence-corrected chi connectivity index (χ0v) is 14.6. The van der Waals surface area contributed by atoms with E-state index >= 15 is 0 Å². The van der Waals surface area contributed by atoms with E-state index in [1.165, 1.54) is 11.8 Å². The average Bonchev–Trinajstić information content (AvgIpc) is 2.46. The summed E-state index contributed by atoms with van der Waals surface area (Å²) in [5.41, 5.74) is 5.23. The largest absolute Gasteiger partial charge is 0.367 e. The predicted molar refractivity (Wildman–Crippen MR) is 98.4 cm³/mol. The van der Waals surface area contributed by atoms with E-state index in [2.05, 4.69) is 68.5 Å². The molecule has 23 heavy (non-hydrogen) atoms. The van der Waals surface area contributed by atoms with Gasteiger partial charge in [-0.2, -0.15) is 0 Å². The first kappa shape index (κ1) is 17.2. The van der Waals surface area contributed by atoms with E-state index in [0.717, 1.165) is 34.7 Å². The number of anilines is 1. The van der Waals surface area contributed by atoms with Crippen molar-refractivity contribution in [1.82, 2.24) is 9.88 Å². The van der Waals surface area contributed by atoms with Gasteiger partial charge in [0.1, 0.15) is 5.82 Å². The molecule has 0 fully saturated rings. The van der Waals surface area contributed by atoms with Crippen LogP contribution in [0.3, 0.4) is 0 Å². The summed E-state index contributed by atoms with van der Waals surface area (Å²) in [7, 11) is 4.14. The lowest BCUT2D eigenvalue weighted by atomic mass is 10.0. The minimum atomic E-state index is 0.274. The number of nitrogens with one attached hydrogen (secondary N) is 2. The Hall–Kier alpha value is -2.20. The monoisotopic (exact) mass is 310 g/mol. The molecule has 0 saturated heterocycles. The molecule has 0 aliphatic carbocycles. The molecule has 122 valence electrons. The molecule has 2 rings (SSSR count). The number of rotatable bonds is 6. The van der Waals surface area contributed by atoms with Crippen LogP contribution in [0.15, 0.2) is 30.3 Å². The fraction of sp³-hybridized carbons (Fsp3) is 0.368. The van der Waals surface area contributed by atoms with Crippen LogP contribution in [0.1, 0.15) is 30.5 Å². The van der Waals surface area contributed by atoms with Crippen molar-refractivity contribution < 1.29 is 0 Å². The molecule has 0 aliphatic rings. The van der Waals surface area contributed by atoms with E-state index in [4.69, 9.17) is 10.4 Å². The van der Waals surface area contributed by atoms with Crippen LogP contribution in [-0.2, 0) is 6.54 Å². The number of aromatic nitrogens is 1. The van der Waals surface area contributed by atoms with Gasteiger partial charge in [0, 0.05) is 29.9 Å². The van der Waals surface area contributed by atoms with Gasteiger partial charge in [-0.3, -0.25) is 0 Å². The molecule has 0 radical (unpaired) electrons. The Kier molecular flexibility index (Phi) is 5.50. The van der Waals surface area contributed by atoms with E-state index < -0.39 is 0 Å². The zero-order valence-electron chi connectivity index (χ0n) is 14.6. The predicted octanol–water partition coefficient (Wildman–Crippen LogP) is 3.94. The van der Waals surface area contributed by atoms with Crippen LogP contribution < -0.4 is 5.32 Å². The molecule has 4 heteroatoms. The molecular formula is C19H26N4. The van der Waals surface area contributed by atoms with Gasteiger partial charge in [0.15, 0.2) is 0 Å². The average molecular weight is 310 g/mol. The summed E-state index contributed by atoms with van der Waals surface area (Å²) >= 11 is 0. The van der Waals surface area contributed by atoms with Crippen molar-refractivity contribution in [3.05, 3.63) is 47.0 Å². The molecular weight excluding hydrogens is 284 g/mol. The van der Waals surface area contributed by atoms with E-state index in [-0.39, 0.29) is 6.04 Å². The van der Waals surface area contributed by atoms with Crippen molar-refractivity contribution in [3.63, 3.8) is 0 Å². The van der Waals surface area contributed by atoms with Gasteiger partial charge < -0.3 is 15.6 Å². The Balaban J connectivity index is 2.47. The van der Waals surface area contributed by atoms with E-state index in [9.17, 15) is 0 Å². The minimum absolute atomic E-state index is 0.274. The molecule has 0 amide bonds. The normalized spacial score (nSPS) is 11.1. The molecule has 2 N–H and O–H groups in total. The SMILES string of the molecule is Cc1cc(-c2cccc(CN(C)C)c2)nc(NC(C)C)c1C=N. The highest BCUT2D eigenvalue weighted by Gasteiger charge is 2.11. The molecule has 0 bridgehead atoms. The third-order valence-corrected chi connectivity index (χ3v) is 3.56. The van der Waals surface area contributed by atoms with Crippen molar-refractivity contribution >= 4 is 12.0 Å². The summed E-state index contributed by atoms with van der Waals surface area (Å²) in [5, 5.41) is 11.0. The number of hydrogen-bond donors (Lipinski definition) is 2. The lowest BCUT2D eigenvalue weighted by Gasteiger charge is -2.16. The van der Waals surface area contributed by atoms with Crippen molar-refractivity contribution in [1.29, 1.82) is 5.41 Å². The second kappa shape index (κ2) is 7.38. The molecule has 1 aromatic carbocycles. The van der Waals surface area contributed by atoms with Gasteiger partial charge in [-0.15, -0.1) is 0 Å². The molecule has 0 aliphatic heterocycles. The van der Waals surface area contributed by atoms with Gasteiger partial charge in [0.2, 0.25) is 0 Å². The van der Waals surface area contributed by atoms with Gasteiger partial charge in [-0.25, -0.2) is 4.98 Å². The highest BCUT2D eigenvalue weighted by Crippen LogP contribution is 2.25. The smallest absolute Gasteiger partial charge is 0.135 e. The number of hydrogen-bond acceptors (Lipinski definition) is 4. The maximum absolute atomic E-state index is 7.65. The molecule has 0 saturated carbocycles. The zero-order chi connectivity index (χ0) is 17.0. The fourth-order valence-electron chi connectivity index (χ4n) is 2.59. The first-order valence-corrected chi connectivity index (χ1v) is 7.93. The van der Waals surface area contributed by atoms with Gasteiger partial charge in [-0.1, -0.05) is 18.2 Å². The third kappa shape index (κ3) is 4.39. The topological polar surface area (TPSA) is 52.0 Å². The third-order valence-electron chi connectivity index (χ3n) is 3.56. The highest BCUT2D eigenvalue weighted by atomic mass is 15.0. The molecule has 2 aromatic rings. The summed E-state index contributed by atoms with van der Waals surface area (Å²) in [6.45, 7) is 7.09. The van der Waals surface area contributed by atoms with Gasteiger partial charge in [0.05, 0.1) is 5.69 Å². The van der Waals surface area contributed by atoms with Crippen LogP contribution in [0.25, 0.3) is 11.3 Å². The van der Waals surface area contributed by atoms with Crippen LogP contribution in [0.2, 0.25) is 0 Å². The van der Waals surface area contributed by atoms with Gasteiger partial charge in [0.25, 0.3) is 0 Å². The number of nitrogens with zero attached hydrogens (tertiary/aromatic N) is 2. The molecule has 0 atom stereocenters. The highest BCUT2D eigenvalue weighted by molar-refractivity contribution is 5.87. The first-order chi connectivity index (χ1) is 10.9. The maximum Gasteiger partial charge on any atom is 0.135 e. The molecule has 0 spiro atoms. The lowest BCUT2D eigenvalue weighted by Crippen LogP contribution is -2.14. The second-order valence-corrected chi connectivity index (χ2v) is 6.47. The molecule has 0 unspecified atom stereocenters. The minimum Gasteiger partial charge on any atom is -0.367 e. The molecule has 1 aromatic heterocycles. The van der Waals surface area contributed by atoms with Crippen LogP contribution in [-0.4, -0.2) is 36.2 Å². The van der Waals surface area contributed by atoms with Crippen molar-refractivity contribution in [2.45, 2.75) is 33.4 Å². The summed E-state index contributed by atoms with van der Waals surface area (Å²) < 4.78 is 0. The van der Waals surface area contributed by atoms with Crippen molar-refractivity contribution in [2.24, 2.45) is 0 Å². The Bertz CT molecular complexity index is 690. The van der Waals surface area contributed by atoms with Crippen LogP contribution >= 0.6 is 0 Å². The number of aryl methyl sites for hydroxylation is 1. The standard InChI is InChI=1S/C19H26N4/c1-13(2)21-19-17(11-20)14(3)9-18(22-19)16-8-6-7-15(10-16)12-23(4)5/h6-11,13,20H,12H2,1-5H3,(H,21,22). The first-order valence-electron chi connectivity index (χ1n) is 7.93. The Labute approximate surface area is 139 Å². The Morgan fingerprint density at radius 2 is 2.00 bits per heavy atom. The number of benzene rings is 1. The van der Waals surface area contributed by atoms with Crippen molar-refractivity contribution in [2.75, 3.05) is 19.4 Å². The maximum atomic E-state index is 7.65. The van der Waals surface area contributed by atoms with Crippen molar-refractivity contribution in [3.8, 4) is 11.3 Å². The van der Waals surface area contributed by atoms with E-state index in [1.807, 2.05) is 6.92 Å². The summed E-state index contributed by atoms with van der Waals surface area (Å²) in [6.07, 6.45) is 1.37. The van der Waals surface area contributed by atoms with E-state index in [1.54, 1.807) is 0 Å². The fourth-order valence-corrected chi connectivity index (χ4v) is 2.59. The van der Waals surface area contributed by atoms with Crippen LogP contribution in [0, 0.1) is 12.3 Å². The molecule has 4 nitrogen and oxygen atoms in total. The second-order valence-electron chi connectivity index (χ2n) is 6.47. The summed E-state index contributed by atoms with van der Waals surface area (Å²) in [6, 6.07) is 10.8. The quantitative estimate of drug-likeness (QED) is 0.795.